The molecule has 0 unspecified atom stereocenters. The third kappa shape index (κ3) is 3.97. The van der Waals surface area contributed by atoms with E-state index in [2.05, 4.69) is 53.2 Å². The number of methoxy groups -OCH3 is 1. The summed E-state index contributed by atoms with van der Waals surface area (Å²) in [5.41, 5.74) is 4.71. The summed E-state index contributed by atoms with van der Waals surface area (Å²) in [5.74, 6) is 1.14. The van der Waals surface area contributed by atoms with E-state index in [1.807, 2.05) is 18.2 Å². The lowest BCUT2D eigenvalue weighted by Crippen LogP contribution is -2.65. The molecule has 0 radical (unpaired) electrons. The van der Waals surface area contributed by atoms with Gasteiger partial charge in [-0.1, -0.05) is 24.3 Å². The first-order valence-corrected chi connectivity index (χ1v) is 10.5. The third-order valence-corrected chi connectivity index (χ3v) is 6.33. The monoisotopic (exact) mass is 393 g/mol. The molecule has 1 N–H and O–H groups in total. The Morgan fingerprint density at radius 1 is 1.07 bits per heavy atom. The molecule has 0 saturated carbocycles. The molecule has 0 spiro atoms. The van der Waals surface area contributed by atoms with Crippen LogP contribution in [0, 0.1) is 19.3 Å². The van der Waals surface area contributed by atoms with E-state index in [1.54, 1.807) is 7.11 Å². The average molecular weight is 394 g/mol. The van der Waals surface area contributed by atoms with Crippen molar-refractivity contribution in [1.29, 1.82) is 0 Å². The van der Waals surface area contributed by atoms with Gasteiger partial charge in [0, 0.05) is 45.0 Å². The lowest BCUT2D eigenvalue weighted by atomic mass is 9.75. The van der Waals surface area contributed by atoms with Crippen LogP contribution >= 0.6 is 0 Å². The van der Waals surface area contributed by atoms with Crippen molar-refractivity contribution in [2.45, 2.75) is 20.3 Å². The smallest absolute Gasteiger partial charge is 0.231 e. The molecule has 2 aliphatic rings. The molecule has 1 amide bonds. The molecule has 2 fully saturated rings. The number of anilines is 1. The van der Waals surface area contributed by atoms with Crippen LogP contribution in [0.25, 0.3) is 0 Å². The summed E-state index contributed by atoms with van der Waals surface area (Å²) in [6.07, 6.45) is 0.757. The van der Waals surface area contributed by atoms with Crippen molar-refractivity contribution in [3.8, 4) is 5.75 Å². The highest BCUT2D eigenvalue weighted by Crippen LogP contribution is 2.32. The number of nitrogens with zero attached hydrogens (tertiary/aromatic N) is 2. The Labute approximate surface area is 173 Å². The molecule has 0 atom stereocenters. The molecule has 2 aromatic rings. The van der Waals surface area contributed by atoms with E-state index in [9.17, 15) is 4.79 Å². The number of rotatable bonds is 5. The lowest BCUT2D eigenvalue weighted by Gasteiger charge is -2.46. The van der Waals surface area contributed by atoms with Crippen LogP contribution in [0.5, 0.6) is 5.75 Å². The van der Waals surface area contributed by atoms with Gasteiger partial charge >= 0.3 is 0 Å². The van der Waals surface area contributed by atoms with Gasteiger partial charge in [-0.15, -0.1) is 0 Å². The maximum absolute atomic E-state index is 13.5. The van der Waals surface area contributed by atoms with Crippen LogP contribution in [0.1, 0.15) is 16.7 Å². The zero-order chi connectivity index (χ0) is 20.4. The highest BCUT2D eigenvalue weighted by atomic mass is 16.5. The molecule has 4 rings (SSSR count). The van der Waals surface area contributed by atoms with Crippen LogP contribution in [-0.4, -0.2) is 57.2 Å². The molecule has 0 aliphatic carbocycles. The number of aryl methyl sites for hydroxylation is 2. The number of hydrogen-bond donors (Lipinski definition) is 1. The van der Waals surface area contributed by atoms with Gasteiger partial charge in [-0.25, -0.2) is 0 Å². The Morgan fingerprint density at radius 2 is 1.83 bits per heavy atom. The fourth-order valence-corrected chi connectivity index (χ4v) is 4.50. The van der Waals surface area contributed by atoms with Crippen molar-refractivity contribution < 1.29 is 9.53 Å². The molecule has 5 nitrogen and oxygen atoms in total. The van der Waals surface area contributed by atoms with E-state index < -0.39 is 0 Å². The maximum Gasteiger partial charge on any atom is 0.231 e. The quantitative estimate of drug-likeness (QED) is 0.849. The van der Waals surface area contributed by atoms with Crippen LogP contribution in [0.4, 0.5) is 5.69 Å². The van der Waals surface area contributed by atoms with Gasteiger partial charge in [0.05, 0.1) is 12.5 Å². The second kappa shape index (κ2) is 8.07. The number of piperazine rings is 1. The molecule has 5 heteroatoms. The minimum atomic E-state index is -0.326. The van der Waals surface area contributed by atoms with E-state index in [0.717, 1.165) is 57.0 Å². The van der Waals surface area contributed by atoms with Gasteiger partial charge in [0.1, 0.15) is 5.75 Å². The van der Waals surface area contributed by atoms with Gasteiger partial charge in [0.25, 0.3) is 0 Å². The number of carbonyl (C=O) groups excluding carboxylic acids is 1. The lowest BCUT2D eigenvalue weighted by molar-refractivity contribution is -0.145. The molecule has 0 aromatic heterocycles. The minimum Gasteiger partial charge on any atom is -0.497 e. The summed E-state index contributed by atoms with van der Waals surface area (Å²) in [7, 11) is 1.68. The van der Waals surface area contributed by atoms with Crippen LogP contribution in [-0.2, 0) is 11.2 Å². The summed E-state index contributed by atoms with van der Waals surface area (Å²) in [6, 6.07) is 14.7. The topological polar surface area (TPSA) is 44.8 Å². The van der Waals surface area contributed by atoms with E-state index in [4.69, 9.17) is 4.74 Å². The van der Waals surface area contributed by atoms with Gasteiger partial charge in [-0.2, -0.15) is 0 Å². The fourth-order valence-electron chi connectivity index (χ4n) is 4.50. The second-order valence-electron chi connectivity index (χ2n) is 8.48. The largest absolute Gasteiger partial charge is 0.497 e. The maximum atomic E-state index is 13.5. The number of amides is 1. The molecule has 2 aliphatic heterocycles. The van der Waals surface area contributed by atoms with Crippen molar-refractivity contribution >= 4 is 11.6 Å². The van der Waals surface area contributed by atoms with Crippen molar-refractivity contribution in [2.75, 3.05) is 51.3 Å². The molecular formula is C24H31N3O2. The predicted molar refractivity (Wildman–Crippen MR) is 117 cm³/mol. The molecule has 0 bridgehead atoms. The van der Waals surface area contributed by atoms with E-state index in [1.165, 1.54) is 16.8 Å². The van der Waals surface area contributed by atoms with Gasteiger partial charge < -0.3 is 19.9 Å². The van der Waals surface area contributed by atoms with Gasteiger partial charge in [-0.3, -0.25) is 4.79 Å². The molecule has 154 valence electrons. The zero-order valence-corrected chi connectivity index (χ0v) is 17.7. The average Bonchev–Trinajstić information content (AvgIpc) is 2.72. The Kier molecular flexibility index (Phi) is 5.50. The minimum absolute atomic E-state index is 0.291. The summed E-state index contributed by atoms with van der Waals surface area (Å²) < 4.78 is 5.35. The number of ether oxygens (including phenoxy) is 1. The molecule has 2 aromatic carbocycles. The number of hydrogen-bond acceptors (Lipinski definition) is 4. The van der Waals surface area contributed by atoms with Gasteiger partial charge in [0.15, 0.2) is 0 Å². The number of benzene rings is 2. The summed E-state index contributed by atoms with van der Waals surface area (Å²) >= 11 is 0. The van der Waals surface area contributed by atoms with Crippen LogP contribution < -0.4 is 15.0 Å². The van der Waals surface area contributed by atoms with E-state index >= 15 is 0 Å². The Morgan fingerprint density at radius 3 is 2.48 bits per heavy atom. The summed E-state index contributed by atoms with van der Waals surface area (Å²) in [6.45, 7) is 9.14. The van der Waals surface area contributed by atoms with Crippen molar-refractivity contribution in [3.05, 3.63) is 59.2 Å². The third-order valence-electron chi connectivity index (χ3n) is 6.33. The molecule has 29 heavy (non-hydrogen) atoms. The predicted octanol–water partition coefficient (Wildman–Crippen LogP) is 2.79. The SMILES string of the molecule is COc1cccc(CC2(C(=O)N3CCN(c4cc(C)ccc4C)CC3)CNC2)c1. The summed E-state index contributed by atoms with van der Waals surface area (Å²) in [4.78, 5) is 18.0. The molecule has 2 heterocycles. The molecule has 2 saturated heterocycles. The molecular weight excluding hydrogens is 362 g/mol. The van der Waals surface area contributed by atoms with Crippen molar-refractivity contribution in [3.63, 3.8) is 0 Å². The van der Waals surface area contributed by atoms with Gasteiger partial charge in [0.2, 0.25) is 5.91 Å². The van der Waals surface area contributed by atoms with E-state index in [-0.39, 0.29) is 5.41 Å². The fraction of sp³-hybridized carbons (Fsp3) is 0.458. The zero-order valence-electron chi connectivity index (χ0n) is 17.7. The number of carbonyl (C=O) groups is 1. The number of nitrogens with one attached hydrogen (secondary N) is 1. The summed E-state index contributed by atoms with van der Waals surface area (Å²) in [5, 5.41) is 3.33. The van der Waals surface area contributed by atoms with Gasteiger partial charge in [-0.05, 0) is 55.2 Å². The first-order valence-electron chi connectivity index (χ1n) is 10.5. The Bertz CT molecular complexity index is 883. The van der Waals surface area contributed by atoms with Crippen LogP contribution in [0.15, 0.2) is 42.5 Å². The van der Waals surface area contributed by atoms with Crippen LogP contribution in [0.2, 0.25) is 0 Å². The first kappa shape index (κ1) is 19.8. The van der Waals surface area contributed by atoms with Crippen molar-refractivity contribution in [2.24, 2.45) is 5.41 Å². The van der Waals surface area contributed by atoms with Crippen molar-refractivity contribution in [1.82, 2.24) is 10.2 Å². The Hall–Kier alpha value is -2.53. The normalized spacial score (nSPS) is 18.3. The first-order chi connectivity index (χ1) is 14.0. The highest BCUT2D eigenvalue weighted by Gasteiger charge is 2.46. The van der Waals surface area contributed by atoms with E-state index in [0.29, 0.717) is 5.91 Å². The standard InChI is InChI=1S/C24H31N3O2/c1-18-7-8-19(2)22(13-18)26-9-11-27(12-10-26)23(28)24(16-25-17-24)15-20-5-4-6-21(14-20)29-3/h4-8,13-14,25H,9-12,15-17H2,1-3H3. The Balaban J connectivity index is 1.43. The highest BCUT2D eigenvalue weighted by molar-refractivity contribution is 5.85. The van der Waals surface area contributed by atoms with Crippen LogP contribution in [0.3, 0.4) is 0 Å². The second-order valence-corrected chi connectivity index (χ2v) is 8.48.